The summed E-state index contributed by atoms with van der Waals surface area (Å²) in [5, 5.41) is 11.6. The predicted molar refractivity (Wildman–Crippen MR) is 133 cm³/mol. The number of aryl methyl sites for hydroxylation is 1. The number of amides is 1. The van der Waals surface area contributed by atoms with Crippen LogP contribution in [-0.4, -0.2) is 27.6 Å². The fraction of sp³-hybridized carbons (Fsp3) is 0.357. The molecule has 1 aliphatic rings. The molecule has 5 heteroatoms. The van der Waals surface area contributed by atoms with Crippen LogP contribution in [0.2, 0.25) is 0 Å². The Kier molecular flexibility index (Phi) is 5.69. The Hall–Kier alpha value is -3.34. The molecular weight excluding hydrogens is 412 g/mol. The van der Waals surface area contributed by atoms with Gasteiger partial charge in [-0.3, -0.25) is 9.69 Å². The Labute approximate surface area is 195 Å². The number of phenolic OH excluding ortho intramolecular Hbond substituents is 1. The molecule has 2 aromatic carbocycles. The van der Waals surface area contributed by atoms with Crippen molar-refractivity contribution in [3.8, 4) is 11.5 Å². The monoisotopic (exact) mass is 444 g/mol. The van der Waals surface area contributed by atoms with Crippen LogP contribution in [0.5, 0.6) is 11.5 Å². The minimum absolute atomic E-state index is 0.148. The number of hydrogen-bond acceptors (Lipinski definition) is 4. The van der Waals surface area contributed by atoms with Gasteiger partial charge in [-0.1, -0.05) is 24.3 Å². The van der Waals surface area contributed by atoms with Gasteiger partial charge < -0.3 is 9.84 Å². The Balaban J connectivity index is 1.80. The fourth-order valence-corrected chi connectivity index (χ4v) is 4.71. The van der Waals surface area contributed by atoms with Gasteiger partial charge in [0.15, 0.2) is 5.60 Å². The van der Waals surface area contributed by atoms with Gasteiger partial charge in [0.2, 0.25) is 0 Å². The maximum atomic E-state index is 14.1. The first-order valence-electron chi connectivity index (χ1n) is 11.4. The third kappa shape index (κ3) is 3.65. The van der Waals surface area contributed by atoms with Crippen LogP contribution in [0.25, 0.3) is 10.9 Å². The number of pyridine rings is 1. The summed E-state index contributed by atoms with van der Waals surface area (Å²) in [6.07, 6.45) is 2.91. The van der Waals surface area contributed by atoms with Crippen molar-refractivity contribution >= 4 is 22.6 Å². The number of carbonyl (C=O) groups excluding carboxylic acids is 1. The number of ether oxygens (including phenoxy) is 1. The Morgan fingerprint density at radius 1 is 1.21 bits per heavy atom. The molecule has 2 atom stereocenters. The summed E-state index contributed by atoms with van der Waals surface area (Å²) in [6.45, 7) is 15.5. The summed E-state index contributed by atoms with van der Waals surface area (Å²) >= 11 is 0. The molecule has 1 aliphatic heterocycles. The number of carbonyl (C=O) groups is 1. The molecule has 0 bridgehead atoms. The molecule has 1 N–H and O–H groups in total. The number of nitrogens with zero attached hydrogens (tertiary/aromatic N) is 2. The van der Waals surface area contributed by atoms with E-state index in [9.17, 15) is 9.90 Å². The van der Waals surface area contributed by atoms with Crippen LogP contribution < -0.4 is 9.64 Å². The number of rotatable bonds is 4. The second kappa shape index (κ2) is 8.22. The van der Waals surface area contributed by atoms with Crippen molar-refractivity contribution in [3.63, 3.8) is 0 Å². The minimum atomic E-state index is -1.06. The number of phenols is 1. The van der Waals surface area contributed by atoms with Gasteiger partial charge in [0.25, 0.3) is 5.91 Å². The van der Waals surface area contributed by atoms with Gasteiger partial charge in [-0.25, -0.2) is 4.98 Å². The lowest BCUT2D eigenvalue weighted by Gasteiger charge is -2.40. The second-order valence-corrected chi connectivity index (χ2v) is 9.33. The Morgan fingerprint density at radius 3 is 2.61 bits per heavy atom. The van der Waals surface area contributed by atoms with Crippen LogP contribution in [0.3, 0.4) is 0 Å². The van der Waals surface area contributed by atoms with Crippen molar-refractivity contribution in [1.29, 1.82) is 0 Å². The van der Waals surface area contributed by atoms with Gasteiger partial charge in [-0.05, 0) is 82.3 Å². The third-order valence-electron chi connectivity index (χ3n) is 7.10. The maximum absolute atomic E-state index is 14.1. The number of hydrogen-bond donors (Lipinski definition) is 1. The minimum Gasteiger partial charge on any atom is -0.507 e. The normalized spacial score (nSPS) is 18.4. The van der Waals surface area contributed by atoms with Crippen molar-refractivity contribution in [3.05, 3.63) is 70.8 Å². The van der Waals surface area contributed by atoms with E-state index in [1.807, 2.05) is 71.9 Å². The molecule has 0 radical (unpaired) electrons. The summed E-state index contributed by atoms with van der Waals surface area (Å²) in [6, 6.07) is 9.63. The quantitative estimate of drug-likeness (QED) is 0.512. The molecular formula is C28H32N2O3. The van der Waals surface area contributed by atoms with E-state index in [2.05, 4.69) is 6.58 Å². The first kappa shape index (κ1) is 22.8. The molecule has 2 unspecified atom stereocenters. The maximum Gasteiger partial charge on any atom is 0.272 e. The van der Waals surface area contributed by atoms with E-state index in [1.165, 1.54) is 0 Å². The van der Waals surface area contributed by atoms with Gasteiger partial charge in [0.05, 0.1) is 11.6 Å². The average Bonchev–Trinajstić information content (AvgIpc) is 2.81. The lowest BCUT2D eigenvalue weighted by molar-refractivity contribution is -0.134. The van der Waals surface area contributed by atoms with Gasteiger partial charge >= 0.3 is 0 Å². The van der Waals surface area contributed by atoms with Crippen LogP contribution in [0, 0.1) is 27.7 Å². The zero-order valence-corrected chi connectivity index (χ0v) is 20.3. The highest BCUT2D eigenvalue weighted by molar-refractivity contribution is 6.01. The first-order chi connectivity index (χ1) is 15.6. The van der Waals surface area contributed by atoms with Crippen molar-refractivity contribution in [2.75, 3.05) is 4.90 Å². The molecule has 3 aromatic rings. The average molecular weight is 445 g/mol. The first-order valence-corrected chi connectivity index (χ1v) is 11.4. The number of aromatic nitrogens is 1. The molecule has 0 fully saturated rings. The molecule has 1 aromatic heterocycles. The van der Waals surface area contributed by atoms with Crippen LogP contribution in [0.4, 0.5) is 5.82 Å². The Morgan fingerprint density at radius 2 is 1.91 bits per heavy atom. The summed E-state index contributed by atoms with van der Waals surface area (Å²) < 4.78 is 6.48. The molecule has 172 valence electrons. The van der Waals surface area contributed by atoms with Crippen LogP contribution >= 0.6 is 0 Å². The molecule has 2 heterocycles. The molecule has 33 heavy (non-hydrogen) atoms. The number of anilines is 1. The molecule has 0 saturated carbocycles. The second-order valence-electron chi connectivity index (χ2n) is 9.33. The molecule has 5 nitrogen and oxygen atoms in total. The molecule has 0 spiro atoms. The van der Waals surface area contributed by atoms with E-state index >= 15 is 0 Å². The van der Waals surface area contributed by atoms with E-state index in [1.54, 1.807) is 11.0 Å². The molecule has 0 aliphatic carbocycles. The lowest BCUT2D eigenvalue weighted by atomic mass is 9.86. The van der Waals surface area contributed by atoms with E-state index in [0.717, 1.165) is 38.7 Å². The summed E-state index contributed by atoms with van der Waals surface area (Å²) in [4.78, 5) is 20.6. The van der Waals surface area contributed by atoms with E-state index in [4.69, 9.17) is 9.72 Å². The number of fused-ring (bicyclic) bond motifs is 2. The lowest BCUT2D eigenvalue weighted by Crippen LogP contribution is -2.55. The van der Waals surface area contributed by atoms with Gasteiger partial charge in [0.1, 0.15) is 17.3 Å². The molecule has 0 saturated heterocycles. The number of para-hydroxylation sites is 1. The largest absolute Gasteiger partial charge is 0.507 e. The summed E-state index contributed by atoms with van der Waals surface area (Å²) in [5.74, 6) is 1.46. The van der Waals surface area contributed by atoms with Crippen molar-refractivity contribution < 1.29 is 14.6 Å². The van der Waals surface area contributed by atoms with Crippen molar-refractivity contribution in [2.24, 2.45) is 0 Å². The standard InChI is InChI=1S/C28H32N2O3/c1-8-17(3)30(24-15-16(2)21-11-9-10-12-23(21)29-24)27(32)28(7)14-13-22-20(6)25(31)18(4)19(5)26(22)33-28/h8-12,15,17,31H,1,13-14H2,2-7H3. The highest BCUT2D eigenvalue weighted by atomic mass is 16.5. The third-order valence-corrected chi connectivity index (χ3v) is 7.10. The fourth-order valence-electron chi connectivity index (χ4n) is 4.71. The van der Waals surface area contributed by atoms with Crippen molar-refractivity contribution in [1.82, 2.24) is 4.98 Å². The van der Waals surface area contributed by atoms with E-state index in [0.29, 0.717) is 30.2 Å². The van der Waals surface area contributed by atoms with Gasteiger partial charge in [-0.2, -0.15) is 0 Å². The highest BCUT2D eigenvalue weighted by Crippen LogP contribution is 2.44. The number of aromatic hydroxyl groups is 1. The topological polar surface area (TPSA) is 62.7 Å². The van der Waals surface area contributed by atoms with E-state index < -0.39 is 5.60 Å². The van der Waals surface area contributed by atoms with E-state index in [-0.39, 0.29) is 11.9 Å². The van der Waals surface area contributed by atoms with Crippen LogP contribution in [0.1, 0.15) is 48.1 Å². The van der Waals surface area contributed by atoms with Crippen LogP contribution in [-0.2, 0) is 11.2 Å². The number of benzene rings is 2. The molecule has 1 amide bonds. The zero-order valence-electron chi connectivity index (χ0n) is 20.3. The smallest absolute Gasteiger partial charge is 0.272 e. The molecule has 4 rings (SSSR count). The summed E-state index contributed by atoms with van der Waals surface area (Å²) in [7, 11) is 0. The predicted octanol–water partition coefficient (Wildman–Crippen LogP) is 5.87. The summed E-state index contributed by atoms with van der Waals surface area (Å²) in [5.41, 5.74) is 4.29. The van der Waals surface area contributed by atoms with Crippen molar-refractivity contribution in [2.45, 2.75) is 66.0 Å². The highest BCUT2D eigenvalue weighted by Gasteiger charge is 2.44. The SMILES string of the molecule is C=CC(C)N(C(=O)C1(C)CCc2c(C)c(O)c(C)c(C)c2O1)c1cc(C)c2ccccc2n1. The Bertz CT molecular complexity index is 1280. The zero-order chi connectivity index (χ0) is 24.1. The van der Waals surface area contributed by atoms with Gasteiger partial charge in [0, 0.05) is 17.4 Å². The van der Waals surface area contributed by atoms with Crippen LogP contribution in [0.15, 0.2) is 43.0 Å². The van der Waals surface area contributed by atoms with Gasteiger partial charge in [-0.15, -0.1) is 6.58 Å².